The molecule has 0 saturated heterocycles. The van der Waals surface area contributed by atoms with Crippen LogP contribution in [0.2, 0.25) is 0 Å². The first-order valence-corrected chi connectivity index (χ1v) is 13.3. The second kappa shape index (κ2) is 18.6. The van der Waals surface area contributed by atoms with Crippen molar-refractivity contribution in [3.05, 3.63) is 35.9 Å². The summed E-state index contributed by atoms with van der Waals surface area (Å²) in [5, 5.41) is 9.98. The van der Waals surface area contributed by atoms with Crippen LogP contribution in [-0.4, -0.2) is 74.1 Å². The molecule has 0 aliphatic rings. The van der Waals surface area contributed by atoms with E-state index in [9.17, 15) is 28.8 Å². The second-order valence-electron chi connectivity index (χ2n) is 9.59. The Bertz CT molecular complexity index is 966. The summed E-state index contributed by atoms with van der Waals surface area (Å²) in [6.07, 6.45) is 1.30. The molecule has 0 saturated carbocycles. The first kappa shape index (κ1) is 33.4. The SMILES string of the molecule is CCC(C)C(=O)CCOCCC(=O)NCC(=O)NCC(=O)NC(Cc1ccccc1)C(=O)NCC(=O)C(C)C. The summed E-state index contributed by atoms with van der Waals surface area (Å²) in [5.74, 6) is -2.34. The van der Waals surface area contributed by atoms with Crippen molar-refractivity contribution in [1.29, 1.82) is 0 Å². The quantitative estimate of drug-likeness (QED) is 0.186. The molecule has 11 nitrogen and oxygen atoms in total. The topological polar surface area (TPSA) is 160 Å². The number of hydrogen-bond donors (Lipinski definition) is 4. The van der Waals surface area contributed by atoms with Gasteiger partial charge in [-0.25, -0.2) is 0 Å². The van der Waals surface area contributed by atoms with Gasteiger partial charge in [0.25, 0.3) is 0 Å². The van der Waals surface area contributed by atoms with Gasteiger partial charge < -0.3 is 26.0 Å². The molecule has 2 atom stereocenters. The maximum absolute atomic E-state index is 12.7. The molecule has 1 aromatic rings. The highest BCUT2D eigenvalue weighted by atomic mass is 16.5. The number of carbonyl (C=O) groups is 6. The van der Waals surface area contributed by atoms with Gasteiger partial charge in [0.05, 0.1) is 32.8 Å². The predicted octanol–water partition coefficient (Wildman–Crippen LogP) is 0.700. The summed E-state index contributed by atoms with van der Waals surface area (Å²) in [6, 6.07) is 8.13. The first-order valence-electron chi connectivity index (χ1n) is 13.3. The monoisotopic (exact) mass is 546 g/mol. The predicted molar refractivity (Wildman–Crippen MR) is 145 cm³/mol. The molecule has 0 aromatic heterocycles. The average molecular weight is 547 g/mol. The molecule has 0 aliphatic carbocycles. The maximum Gasteiger partial charge on any atom is 0.243 e. The second-order valence-corrected chi connectivity index (χ2v) is 9.59. The molecular formula is C28H42N4O7. The van der Waals surface area contributed by atoms with Gasteiger partial charge in [-0.05, 0) is 12.0 Å². The van der Waals surface area contributed by atoms with Crippen molar-refractivity contribution in [3.63, 3.8) is 0 Å². The zero-order chi connectivity index (χ0) is 29.2. The van der Waals surface area contributed by atoms with Crippen LogP contribution in [0, 0.1) is 11.8 Å². The van der Waals surface area contributed by atoms with E-state index in [4.69, 9.17) is 4.74 Å². The fraction of sp³-hybridized carbons (Fsp3) is 0.571. The molecule has 2 unspecified atom stereocenters. The van der Waals surface area contributed by atoms with Crippen molar-refractivity contribution in [1.82, 2.24) is 21.3 Å². The molecule has 11 heteroatoms. The Morgan fingerprint density at radius 3 is 2.00 bits per heavy atom. The van der Waals surface area contributed by atoms with E-state index < -0.39 is 36.2 Å². The summed E-state index contributed by atoms with van der Waals surface area (Å²) in [5.41, 5.74) is 0.811. The average Bonchev–Trinajstić information content (AvgIpc) is 2.92. The highest BCUT2D eigenvalue weighted by Gasteiger charge is 2.22. The maximum atomic E-state index is 12.7. The fourth-order valence-corrected chi connectivity index (χ4v) is 3.23. The van der Waals surface area contributed by atoms with Crippen LogP contribution in [0.1, 0.15) is 52.5 Å². The summed E-state index contributed by atoms with van der Waals surface area (Å²) >= 11 is 0. The molecule has 0 bridgehead atoms. The number of amides is 4. The van der Waals surface area contributed by atoms with Crippen molar-refractivity contribution < 1.29 is 33.5 Å². The Morgan fingerprint density at radius 2 is 1.36 bits per heavy atom. The highest BCUT2D eigenvalue weighted by molar-refractivity contribution is 5.93. The molecule has 0 heterocycles. The van der Waals surface area contributed by atoms with Crippen LogP contribution >= 0.6 is 0 Å². The lowest BCUT2D eigenvalue weighted by Gasteiger charge is -2.19. The zero-order valence-corrected chi connectivity index (χ0v) is 23.3. The minimum atomic E-state index is -0.947. The van der Waals surface area contributed by atoms with E-state index in [1.54, 1.807) is 13.8 Å². The van der Waals surface area contributed by atoms with Crippen molar-refractivity contribution in [3.8, 4) is 0 Å². The van der Waals surface area contributed by atoms with Crippen molar-refractivity contribution >= 4 is 35.2 Å². The lowest BCUT2D eigenvalue weighted by Crippen LogP contribution is -2.52. The Balaban J connectivity index is 2.41. The minimum absolute atomic E-state index is 0.00946. The van der Waals surface area contributed by atoms with Gasteiger partial charge in [-0.1, -0.05) is 58.0 Å². The number of ketones is 2. The van der Waals surface area contributed by atoms with Crippen LogP contribution in [0.15, 0.2) is 30.3 Å². The summed E-state index contributed by atoms with van der Waals surface area (Å²) in [6.45, 7) is 6.76. The third-order valence-electron chi connectivity index (χ3n) is 6.04. The molecule has 0 spiro atoms. The molecule has 216 valence electrons. The number of Topliss-reactive ketones (excluding diaryl/α,β-unsaturated/α-hetero) is 2. The van der Waals surface area contributed by atoms with Crippen molar-refractivity contribution in [2.45, 2.75) is 59.4 Å². The third kappa shape index (κ3) is 14.8. The van der Waals surface area contributed by atoms with Crippen LogP contribution in [-0.2, 0) is 39.9 Å². The van der Waals surface area contributed by atoms with Crippen LogP contribution in [0.25, 0.3) is 0 Å². The van der Waals surface area contributed by atoms with Crippen molar-refractivity contribution in [2.24, 2.45) is 11.8 Å². The number of nitrogens with one attached hydrogen (secondary N) is 4. The molecular weight excluding hydrogens is 504 g/mol. The van der Waals surface area contributed by atoms with E-state index in [2.05, 4.69) is 21.3 Å². The van der Waals surface area contributed by atoms with E-state index >= 15 is 0 Å². The van der Waals surface area contributed by atoms with Crippen LogP contribution < -0.4 is 21.3 Å². The highest BCUT2D eigenvalue weighted by Crippen LogP contribution is 2.05. The Morgan fingerprint density at radius 1 is 0.744 bits per heavy atom. The largest absolute Gasteiger partial charge is 0.380 e. The van der Waals surface area contributed by atoms with Crippen LogP contribution in [0.3, 0.4) is 0 Å². The zero-order valence-electron chi connectivity index (χ0n) is 23.3. The third-order valence-corrected chi connectivity index (χ3v) is 6.04. The lowest BCUT2D eigenvalue weighted by atomic mass is 10.0. The minimum Gasteiger partial charge on any atom is -0.380 e. The molecule has 4 N–H and O–H groups in total. The fourth-order valence-electron chi connectivity index (χ4n) is 3.23. The van der Waals surface area contributed by atoms with E-state index in [-0.39, 0.29) is 62.5 Å². The molecule has 1 rings (SSSR count). The molecule has 0 aliphatic heterocycles. The van der Waals surface area contributed by atoms with E-state index in [0.717, 1.165) is 12.0 Å². The van der Waals surface area contributed by atoms with Crippen LogP contribution in [0.5, 0.6) is 0 Å². The summed E-state index contributed by atoms with van der Waals surface area (Å²) in [4.78, 5) is 72.7. The van der Waals surface area contributed by atoms with E-state index in [0.29, 0.717) is 6.42 Å². The van der Waals surface area contributed by atoms with Gasteiger partial charge in [-0.3, -0.25) is 28.8 Å². The lowest BCUT2D eigenvalue weighted by molar-refractivity contribution is -0.131. The van der Waals surface area contributed by atoms with Gasteiger partial charge in [0.1, 0.15) is 11.8 Å². The number of carbonyl (C=O) groups excluding carboxylic acids is 6. The molecule has 0 radical (unpaired) electrons. The Labute approximate surface area is 230 Å². The summed E-state index contributed by atoms with van der Waals surface area (Å²) in [7, 11) is 0. The number of ether oxygens (including phenoxy) is 1. The van der Waals surface area contributed by atoms with Gasteiger partial charge in [0.2, 0.25) is 23.6 Å². The Kier molecular flexibility index (Phi) is 16.0. The smallest absolute Gasteiger partial charge is 0.243 e. The molecule has 0 fully saturated rings. The van der Waals surface area contributed by atoms with E-state index in [1.807, 2.05) is 44.2 Å². The van der Waals surface area contributed by atoms with Crippen molar-refractivity contribution in [2.75, 3.05) is 32.8 Å². The van der Waals surface area contributed by atoms with Gasteiger partial charge in [-0.15, -0.1) is 0 Å². The van der Waals surface area contributed by atoms with Gasteiger partial charge in [-0.2, -0.15) is 0 Å². The molecule has 1 aromatic carbocycles. The van der Waals surface area contributed by atoms with Gasteiger partial charge in [0, 0.05) is 31.1 Å². The first-order chi connectivity index (χ1) is 18.5. The number of rotatable bonds is 19. The Hall–Kier alpha value is -3.60. The summed E-state index contributed by atoms with van der Waals surface area (Å²) < 4.78 is 5.31. The van der Waals surface area contributed by atoms with Gasteiger partial charge >= 0.3 is 0 Å². The number of benzene rings is 1. The molecule has 4 amide bonds. The van der Waals surface area contributed by atoms with Crippen LogP contribution in [0.4, 0.5) is 0 Å². The van der Waals surface area contributed by atoms with Gasteiger partial charge in [0.15, 0.2) is 5.78 Å². The number of hydrogen-bond acceptors (Lipinski definition) is 7. The normalized spacial score (nSPS) is 12.2. The van der Waals surface area contributed by atoms with E-state index in [1.165, 1.54) is 0 Å². The standard InChI is InChI=1S/C28H42N4O7/c1-5-20(4)23(33)11-13-39-14-12-25(35)29-17-26(36)30-18-27(37)32-22(15-21-9-7-6-8-10-21)28(38)31-16-24(34)19(2)3/h6-10,19-20,22H,5,11-18H2,1-4H3,(H,29,35)(H,30,36)(H,31,38)(H,32,37). The molecule has 39 heavy (non-hydrogen) atoms.